The summed E-state index contributed by atoms with van der Waals surface area (Å²) in [6.45, 7) is 2.56. The molecule has 8 nitrogen and oxygen atoms in total. The van der Waals surface area contributed by atoms with Gasteiger partial charge in [0.25, 0.3) is 0 Å². The monoisotopic (exact) mass is 408 g/mol. The lowest BCUT2D eigenvalue weighted by Gasteiger charge is -2.26. The Kier molecular flexibility index (Phi) is 16.1. The van der Waals surface area contributed by atoms with E-state index in [0.717, 1.165) is 32.1 Å². The van der Waals surface area contributed by atoms with E-state index in [1.165, 1.54) is 0 Å². The van der Waals surface area contributed by atoms with Crippen molar-refractivity contribution >= 4 is 30.6 Å². The molecule has 0 spiro atoms. The van der Waals surface area contributed by atoms with Crippen LogP contribution in [0.2, 0.25) is 0 Å². The predicted molar refractivity (Wildman–Crippen MR) is 108 cm³/mol. The fourth-order valence-electron chi connectivity index (χ4n) is 2.74. The van der Waals surface area contributed by atoms with Crippen molar-refractivity contribution in [3.63, 3.8) is 0 Å². The van der Waals surface area contributed by atoms with E-state index in [9.17, 15) is 19.6 Å². The average molecular weight is 409 g/mol. The van der Waals surface area contributed by atoms with Crippen LogP contribution in [0.4, 0.5) is 0 Å². The van der Waals surface area contributed by atoms with Crippen LogP contribution in [-0.4, -0.2) is 85.6 Å². The molecule has 3 amide bonds. The summed E-state index contributed by atoms with van der Waals surface area (Å²) in [4.78, 5) is 38.5. The lowest BCUT2D eigenvalue weighted by molar-refractivity contribution is -0.154. The van der Waals surface area contributed by atoms with Crippen molar-refractivity contribution in [2.24, 2.45) is 5.92 Å². The Morgan fingerprint density at radius 3 is 2.19 bits per heavy atom. The molecule has 0 aliphatic heterocycles. The molecule has 2 unspecified atom stereocenters. The number of carbonyl (C=O) groups is 3. The minimum Gasteiger partial charge on any atom is -0.356 e. The molecule has 2 atom stereocenters. The third-order valence-electron chi connectivity index (χ3n) is 4.36. The zero-order chi connectivity index (χ0) is 20.1. The summed E-state index contributed by atoms with van der Waals surface area (Å²) in [5, 5.41) is 12.7. The average Bonchev–Trinajstić information content (AvgIpc) is 2.59. The molecule has 0 saturated carbocycles. The number of amides is 3. The summed E-state index contributed by atoms with van der Waals surface area (Å²) >= 11 is 0. The minimum absolute atomic E-state index is 0. The summed E-state index contributed by atoms with van der Waals surface area (Å²) in [7, 11) is 7.28. The molecule has 0 saturated heterocycles. The third kappa shape index (κ3) is 11.8. The Labute approximate surface area is 169 Å². The number of halogens is 1. The number of hydrogen-bond donors (Lipinski definition) is 2. The lowest BCUT2D eigenvalue weighted by atomic mass is 10.0. The summed E-state index contributed by atoms with van der Waals surface area (Å²) in [5.74, 6) is -0.474. The maximum absolute atomic E-state index is 12.3. The molecule has 0 fully saturated rings. The summed E-state index contributed by atoms with van der Waals surface area (Å²) < 4.78 is 0. The fraction of sp³-hybridized carbons (Fsp3) is 0.833. The molecule has 160 valence electrons. The van der Waals surface area contributed by atoms with E-state index in [-0.39, 0.29) is 36.8 Å². The van der Waals surface area contributed by atoms with Crippen LogP contribution < -0.4 is 5.32 Å². The smallest absolute Gasteiger partial charge is 0.239 e. The molecule has 0 aliphatic carbocycles. The quantitative estimate of drug-likeness (QED) is 0.196. The van der Waals surface area contributed by atoms with Gasteiger partial charge < -0.3 is 10.2 Å². The van der Waals surface area contributed by atoms with Gasteiger partial charge in [-0.2, -0.15) is 0 Å². The highest BCUT2D eigenvalue weighted by Crippen LogP contribution is 2.11. The summed E-state index contributed by atoms with van der Waals surface area (Å²) in [6, 6.07) is -0.159. The van der Waals surface area contributed by atoms with Gasteiger partial charge in [0.1, 0.15) is 0 Å². The minimum atomic E-state index is -0.407. The van der Waals surface area contributed by atoms with Crippen molar-refractivity contribution in [1.29, 1.82) is 0 Å². The molecule has 0 aromatic carbocycles. The van der Waals surface area contributed by atoms with E-state index in [1.807, 2.05) is 25.9 Å². The van der Waals surface area contributed by atoms with Crippen molar-refractivity contribution in [1.82, 2.24) is 20.2 Å². The van der Waals surface area contributed by atoms with Crippen molar-refractivity contribution in [3.8, 4) is 0 Å². The molecule has 0 aliphatic rings. The SMILES string of the molecule is CCCCC(CN(O)C=O)C(=O)NCCCCC(C(=O)N(C)C)N(C)C.Cl. The maximum atomic E-state index is 12.3. The first-order valence-corrected chi connectivity index (χ1v) is 9.30. The van der Waals surface area contributed by atoms with Crippen LogP contribution in [0.5, 0.6) is 0 Å². The molecule has 9 heteroatoms. The molecule has 0 radical (unpaired) electrons. The van der Waals surface area contributed by atoms with Crippen LogP contribution in [0.1, 0.15) is 45.4 Å². The number of nitrogens with zero attached hydrogens (tertiary/aromatic N) is 3. The third-order valence-corrected chi connectivity index (χ3v) is 4.36. The van der Waals surface area contributed by atoms with Gasteiger partial charge in [0.15, 0.2) is 0 Å². The topological polar surface area (TPSA) is 93.2 Å². The van der Waals surface area contributed by atoms with Crippen LogP contribution in [0.25, 0.3) is 0 Å². The normalized spacial score (nSPS) is 12.7. The molecule has 2 N–H and O–H groups in total. The molecule has 0 bridgehead atoms. The maximum Gasteiger partial charge on any atom is 0.239 e. The van der Waals surface area contributed by atoms with Crippen molar-refractivity contribution in [2.75, 3.05) is 41.3 Å². The van der Waals surface area contributed by atoms with Crippen LogP contribution >= 0.6 is 12.4 Å². The number of rotatable bonds is 14. The molecule has 0 heterocycles. The second kappa shape index (κ2) is 15.7. The van der Waals surface area contributed by atoms with E-state index < -0.39 is 5.92 Å². The Morgan fingerprint density at radius 1 is 1.07 bits per heavy atom. The molecule has 0 rings (SSSR count). The van der Waals surface area contributed by atoms with Crippen LogP contribution in [0.15, 0.2) is 0 Å². The Hall–Kier alpha value is -1.38. The van der Waals surface area contributed by atoms with Crippen molar-refractivity contribution < 1.29 is 19.6 Å². The number of unbranched alkanes of at least 4 members (excludes halogenated alkanes) is 2. The van der Waals surface area contributed by atoms with Gasteiger partial charge in [-0.05, 0) is 39.8 Å². The van der Waals surface area contributed by atoms with Crippen LogP contribution in [0.3, 0.4) is 0 Å². The number of likely N-dealkylation sites (N-methyl/N-ethyl adjacent to an activating group) is 2. The lowest BCUT2D eigenvalue weighted by Crippen LogP contribution is -2.43. The Balaban J connectivity index is 0. The second-order valence-electron chi connectivity index (χ2n) is 7.07. The van der Waals surface area contributed by atoms with Gasteiger partial charge in [-0.1, -0.05) is 19.8 Å². The zero-order valence-electron chi connectivity index (χ0n) is 17.3. The predicted octanol–water partition coefficient (Wildman–Crippen LogP) is 1.37. The summed E-state index contributed by atoms with van der Waals surface area (Å²) in [6.07, 6.45) is 5.08. The van der Waals surface area contributed by atoms with E-state index in [0.29, 0.717) is 24.4 Å². The van der Waals surface area contributed by atoms with E-state index in [2.05, 4.69) is 5.32 Å². The molecule has 0 aromatic rings. The largest absolute Gasteiger partial charge is 0.356 e. The highest BCUT2D eigenvalue weighted by molar-refractivity contribution is 5.85. The first kappa shape index (κ1) is 27.8. The Bertz CT molecular complexity index is 436. The number of nitrogens with one attached hydrogen (secondary N) is 1. The fourth-order valence-corrected chi connectivity index (χ4v) is 2.74. The molecular formula is C18H37ClN4O4. The molecular weight excluding hydrogens is 372 g/mol. The Morgan fingerprint density at radius 2 is 1.70 bits per heavy atom. The standard InChI is InChI=1S/C18H36N4O4.ClH/c1-6-7-10-15(13-22(26)14-23)17(24)19-12-9-8-11-16(20(2)3)18(25)21(4)5;/h14-16,26H,6-13H2,1-5H3,(H,19,24);1H. The van der Waals surface area contributed by atoms with Crippen LogP contribution in [-0.2, 0) is 14.4 Å². The van der Waals surface area contributed by atoms with Gasteiger partial charge in [-0.25, -0.2) is 5.06 Å². The highest BCUT2D eigenvalue weighted by Gasteiger charge is 2.22. The molecule has 0 aromatic heterocycles. The van der Waals surface area contributed by atoms with Gasteiger partial charge in [0.05, 0.1) is 18.5 Å². The number of hydrogen-bond acceptors (Lipinski definition) is 5. The van der Waals surface area contributed by atoms with Gasteiger partial charge in [0.2, 0.25) is 18.2 Å². The summed E-state index contributed by atoms with van der Waals surface area (Å²) in [5.41, 5.74) is 0. The first-order chi connectivity index (χ1) is 12.2. The highest BCUT2D eigenvalue weighted by atomic mass is 35.5. The number of hydroxylamine groups is 2. The van der Waals surface area contributed by atoms with E-state index in [4.69, 9.17) is 0 Å². The van der Waals surface area contributed by atoms with Gasteiger partial charge in [0, 0.05) is 20.6 Å². The zero-order valence-corrected chi connectivity index (χ0v) is 18.1. The van der Waals surface area contributed by atoms with Crippen molar-refractivity contribution in [3.05, 3.63) is 0 Å². The van der Waals surface area contributed by atoms with Crippen molar-refractivity contribution in [2.45, 2.75) is 51.5 Å². The van der Waals surface area contributed by atoms with Crippen LogP contribution in [0, 0.1) is 5.92 Å². The van der Waals surface area contributed by atoms with Gasteiger partial charge in [-0.15, -0.1) is 12.4 Å². The van der Waals surface area contributed by atoms with E-state index >= 15 is 0 Å². The molecule has 27 heavy (non-hydrogen) atoms. The second-order valence-corrected chi connectivity index (χ2v) is 7.07. The first-order valence-electron chi connectivity index (χ1n) is 9.30. The van der Waals surface area contributed by atoms with Gasteiger partial charge >= 0.3 is 0 Å². The van der Waals surface area contributed by atoms with E-state index in [1.54, 1.807) is 19.0 Å². The van der Waals surface area contributed by atoms with Gasteiger partial charge in [-0.3, -0.25) is 24.5 Å². The number of carbonyl (C=O) groups excluding carboxylic acids is 3.